The van der Waals surface area contributed by atoms with Crippen LogP contribution < -0.4 is 4.74 Å². The summed E-state index contributed by atoms with van der Waals surface area (Å²) in [6.07, 6.45) is 2.62. The third-order valence-electron chi connectivity index (χ3n) is 4.38. The first kappa shape index (κ1) is 17.4. The molecule has 1 aromatic carbocycles. The maximum absolute atomic E-state index is 12.7. The average molecular weight is 340 g/mol. The number of pyridine rings is 1. The molecule has 1 aromatic heterocycles. The third kappa shape index (κ3) is 4.79. The van der Waals surface area contributed by atoms with Crippen molar-refractivity contribution >= 4 is 5.91 Å². The van der Waals surface area contributed by atoms with Crippen LogP contribution in [0.2, 0.25) is 0 Å². The van der Waals surface area contributed by atoms with Crippen LogP contribution >= 0.6 is 0 Å². The van der Waals surface area contributed by atoms with Gasteiger partial charge in [-0.25, -0.2) is 4.98 Å². The molecule has 0 saturated carbocycles. The Labute approximate surface area is 148 Å². The zero-order chi connectivity index (χ0) is 17.5. The number of hydrogen-bond donors (Lipinski definition) is 0. The second-order valence-corrected chi connectivity index (χ2v) is 6.23. The predicted octanol–water partition coefficient (Wildman–Crippen LogP) is 3.16. The van der Waals surface area contributed by atoms with Crippen LogP contribution in [0, 0.1) is 5.92 Å². The normalized spacial score (nSPS) is 16.6. The number of carbonyl (C=O) groups is 1. The molecule has 1 amide bonds. The summed E-state index contributed by atoms with van der Waals surface area (Å²) in [4.78, 5) is 18.8. The zero-order valence-electron chi connectivity index (χ0n) is 14.6. The van der Waals surface area contributed by atoms with Gasteiger partial charge in [0.05, 0.1) is 12.2 Å². The number of benzene rings is 1. The smallest absolute Gasteiger partial charge is 0.255 e. The highest BCUT2D eigenvalue weighted by Gasteiger charge is 2.22. The summed E-state index contributed by atoms with van der Waals surface area (Å²) in [5, 5.41) is 0. The molecule has 0 bridgehead atoms. The largest absolute Gasteiger partial charge is 0.473 e. The second-order valence-electron chi connectivity index (χ2n) is 6.23. The second kappa shape index (κ2) is 8.62. The Morgan fingerprint density at radius 1 is 1.28 bits per heavy atom. The van der Waals surface area contributed by atoms with Crippen LogP contribution in [0.5, 0.6) is 5.88 Å². The summed E-state index contributed by atoms with van der Waals surface area (Å²) in [6, 6.07) is 13.5. The van der Waals surface area contributed by atoms with Crippen molar-refractivity contribution in [2.75, 3.05) is 26.3 Å². The average Bonchev–Trinajstić information content (AvgIpc) is 3.18. The number of carbonyl (C=O) groups excluding carboxylic acids is 1. The van der Waals surface area contributed by atoms with Gasteiger partial charge in [0.15, 0.2) is 0 Å². The van der Waals surface area contributed by atoms with Gasteiger partial charge in [-0.15, -0.1) is 0 Å². The minimum atomic E-state index is 0.0107. The van der Waals surface area contributed by atoms with Gasteiger partial charge in [0.1, 0.15) is 6.61 Å². The Morgan fingerprint density at radius 3 is 2.76 bits per heavy atom. The van der Waals surface area contributed by atoms with Gasteiger partial charge in [-0.3, -0.25) is 4.79 Å². The van der Waals surface area contributed by atoms with E-state index >= 15 is 0 Å². The maximum Gasteiger partial charge on any atom is 0.255 e. The fourth-order valence-electron chi connectivity index (χ4n) is 2.90. The molecule has 132 valence electrons. The van der Waals surface area contributed by atoms with Gasteiger partial charge in [-0.05, 0) is 25.0 Å². The molecule has 1 aliphatic rings. The lowest BCUT2D eigenvalue weighted by Crippen LogP contribution is -2.35. The predicted molar refractivity (Wildman–Crippen MR) is 95.5 cm³/mol. The fraction of sp³-hybridized carbons (Fsp3) is 0.400. The molecule has 3 rings (SSSR count). The molecule has 2 heterocycles. The van der Waals surface area contributed by atoms with Gasteiger partial charge >= 0.3 is 0 Å². The Balaban J connectivity index is 1.57. The summed E-state index contributed by atoms with van der Waals surface area (Å²) in [5.74, 6) is 0.967. The first-order valence-corrected chi connectivity index (χ1v) is 8.76. The van der Waals surface area contributed by atoms with Gasteiger partial charge in [0.2, 0.25) is 5.88 Å². The first-order valence-electron chi connectivity index (χ1n) is 8.76. The Kier molecular flexibility index (Phi) is 6.01. The molecular formula is C20H24N2O3. The topological polar surface area (TPSA) is 51.7 Å². The molecule has 1 fully saturated rings. The van der Waals surface area contributed by atoms with Crippen molar-refractivity contribution in [2.24, 2.45) is 5.92 Å². The van der Waals surface area contributed by atoms with Gasteiger partial charge < -0.3 is 14.4 Å². The van der Waals surface area contributed by atoms with Crippen LogP contribution in [-0.4, -0.2) is 42.1 Å². The fourth-order valence-corrected chi connectivity index (χ4v) is 2.90. The van der Waals surface area contributed by atoms with E-state index in [1.54, 1.807) is 18.3 Å². The highest BCUT2D eigenvalue weighted by atomic mass is 16.5. The van der Waals surface area contributed by atoms with E-state index in [9.17, 15) is 4.79 Å². The van der Waals surface area contributed by atoms with E-state index in [2.05, 4.69) is 4.98 Å². The highest BCUT2D eigenvalue weighted by molar-refractivity contribution is 5.94. The lowest BCUT2D eigenvalue weighted by molar-refractivity contribution is 0.0730. The molecule has 1 aliphatic heterocycles. The van der Waals surface area contributed by atoms with Crippen LogP contribution in [0.15, 0.2) is 48.7 Å². The SMILES string of the molecule is CCN(CC1CCOC1)C(=O)c1ccc(OCc2ccccc2)nc1. The monoisotopic (exact) mass is 340 g/mol. The molecule has 5 nitrogen and oxygen atoms in total. The third-order valence-corrected chi connectivity index (χ3v) is 4.38. The molecule has 0 N–H and O–H groups in total. The Bertz CT molecular complexity index is 667. The molecule has 1 saturated heterocycles. The molecule has 0 spiro atoms. The van der Waals surface area contributed by atoms with E-state index in [1.165, 1.54) is 0 Å². The van der Waals surface area contributed by atoms with Crippen molar-refractivity contribution in [3.05, 3.63) is 59.8 Å². The van der Waals surface area contributed by atoms with Crippen LogP contribution in [0.1, 0.15) is 29.3 Å². The van der Waals surface area contributed by atoms with Gasteiger partial charge in [-0.2, -0.15) is 0 Å². The number of amides is 1. The molecule has 25 heavy (non-hydrogen) atoms. The molecular weight excluding hydrogens is 316 g/mol. The number of aromatic nitrogens is 1. The molecule has 2 aromatic rings. The number of rotatable bonds is 7. The summed E-state index contributed by atoms with van der Waals surface area (Å²) in [7, 11) is 0. The van der Waals surface area contributed by atoms with Crippen molar-refractivity contribution in [3.63, 3.8) is 0 Å². The van der Waals surface area contributed by atoms with Crippen molar-refractivity contribution in [1.82, 2.24) is 9.88 Å². The van der Waals surface area contributed by atoms with Gasteiger partial charge in [-0.1, -0.05) is 30.3 Å². The highest BCUT2D eigenvalue weighted by Crippen LogP contribution is 2.17. The summed E-state index contributed by atoms with van der Waals surface area (Å²) in [6.45, 7) is 5.42. The maximum atomic E-state index is 12.7. The Hall–Kier alpha value is -2.40. The minimum absolute atomic E-state index is 0.0107. The van der Waals surface area contributed by atoms with E-state index in [1.807, 2.05) is 42.2 Å². The van der Waals surface area contributed by atoms with Crippen molar-refractivity contribution in [2.45, 2.75) is 20.0 Å². The van der Waals surface area contributed by atoms with Crippen LogP contribution in [0.3, 0.4) is 0 Å². The van der Waals surface area contributed by atoms with Gasteiger partial charge in [0.25, 0.3) is 5.91 Å². The molecule has 1 atom stereocenters. The van der Waals surface area contributed by atoms with E-state index in [0.29, 0.717) is 30.5 Å². The lowest BCUT2D eigenvalue weighted by atomic mass is 10.1. The molecule has 0 aliphatic carbocycles. The molecule has 5 heteroatoms. The van der Waals surface area contributed by atoms with Crippen LogP contribution in [0.4, 0.5) is 0 Å². The van der Waals surface area contributed by atoms with E-state index in [4.69, 9.17) is 9.47 Å². The van der Waals surface area contributed by atoms with E-state index in [-0.39, 0.29) is 5.91 Å². The zero-order valence-corrected chi connectivity index (χ0v) is 14.6. The first-order chi connectivity index (χ1) is 12.3. The Morgan fingerprint density at radius 2 is 2.12 bits per heavy atom. The molecule has 1 unspecified atom stereocenters. The number of hydrogen-bond acceptors (Lipinski definition) is 4. The van der Waals surface area contributed by atoms with Crippen molar-refractivity contribution in [1.29, 1.82) is 0 Å². The minimum Gasteiger partial charge on any atom is -0.473 e. The quantitative estimate of drug-likeness (QED) is 0.777. The summed E-state index contributed by atoms with van der Waals surface area (Å²) in [5.41, 5.74) is 1.67. The standard InChI is InChI=1S/C20H24N2O3/c1-2-22(13-17-10-11-24-14-17)20(23)18-8-9-19(21-12-18)25-15-16-6-4-3-5-7-16/h3-9,12,17H,2,10-11,13-15H2,1H3. The summed E-state index contributed by atoms with van der Waals surface area (Å²) >= 11 is 0. The van der Waals surface area contributed by atoms with E-state index < -0.39 is 0 Å². The number of nitrogens with zero attached hydrogens (tertiary/aromatic N) is 2. The lowest BCUT2D eigenvalue weighted by Gasteiger charge is -2.23. The van der Waals surface area contributed by atoms with E-state index in [0.717, 1.165) is 31.7 Å². The van der Waals surface area contributed by atoms with Crippen LogP contribution in [-0.2, 0) is 11.3 Å². The van der Waals surface area contributed by atoms with Crippen molar-refractivity contribution < 1.29 is 14.3 Å². The van der Waals surface area contributed by atoms with Crippen LogP contribution in [0.25, 0.3) is 0 Å². The van der Waals surface area contributed by atoms with Crippen molar-refractivity contribution in [3.8, 4) is 5.88 Å². The van der Waals surface area contributed by atoms with Gasteiger partial charge in [0, 0.05) is 37.9 Å². The number of ether oxygens (including phenoxy) is 2. The summed E-state index contributed by atoms with van der Waals surface area (Å²) < 4.78 is 11.1. The molecule has 0 radical (unpaired) electrons.